The third-order valence-corrected chi connectivity index (χ3v) is 4.84. The van der Waals surface area contributed by atoms with Gasteiger partial charge in [-0.1, -0.05) is 18.2 Å². The van der Waals surface area contributed by atoms with Crippen molar-refractivity contribution in [3.63, 3.8) is 0 Å². The number of halogens is 5. The Morgan fingerprint density at radius 2 is 1.53 bits per heavy atom. The van der Waals surface area contributed by atoms with Gasteiger partial charge in [0.1, 0.15) is 11.8 Å². The van der Waals surface area contributed by atoms with Gasteiger partial charge in [0.05, 0.1) is 7.45 Å². The maximum absolute atomic E-state index is 14.2. The Bertz CT molecular complexity index is 1170. The highest BCUT2D eigenvalue weighted by molar-refractivity contribution is 7.52. The molecule has 2 aromatic rings. The summed E-state index contributed by atoms with van der Waals surface area (Å²) in [6, 6.07) is 4.24. The van der Waals surface area contributed by atoms with Crippen molar-refractivity contribution < 1.29 is 54.7 Å². The van der Waals surface area contributed by atoms with E-state index in [0.29, 0.717) is 0 Å². The standard InChI is InChI=1S/C18H17F5NO5P/c1-9(2)27-18(25)10(3)24-30(26,28-11-7-5-4-6-8-11)29-17-15(22)13(20)12(19)14(21)16(17)23/h4-10H,1-3H3,(H,24,26)/t10-,30+/m1/s1/i1D3,2D3,9D. The van der Waals surface area contributed by atoms with Gasteiger partial charge in [-0.3, -0.25) is 4.79 Å². The minimum atomic E-state index is -5.36. The highest BCUT2D eigenvalue weighted by Gasteiger charge is 2.38. The fourth-order valence-corrected chi connectivity index (χ4v) is 3.48. The number of hydrogen-bond donors (Lipinski definition) is 1. The maximum atomic E-state index is 14.2. The minimum absolute atomic E-state index is 0.359. The van der Waals surface area contributed by atoms with Gasteiger partial charge in [-0.25, -0.2) is 17.7 Å². The molecular weight excluding hydrogens is 436 g/mol. The second-order valence-electron chi connectivity index (χ2n) is 5.49. The number of carbonyl (C=O) groups is 1. The molecule has 0 saturated heterocycles. The lowest BCUT2D eigenvalue weighted by Gasteiger charge is -2.24. The third kappa shape index (κ3) is 5.48. The first-order chi connectivity index (χ1) is 16.7. The molecule has 0 radical (unpaired) electrons. The number of esters is 1. The van der Waals surface area contributed by atoms with Crippen LogP contribution in [0.2, 0.25) is 0 Å². The lowest BCUT2D eigenvalue weighted by molar-refractivity contribution is -0.149. The fraction of sp³-hybridized carbons (Fsp3) is 0.278. The summed E-state index contributed by atoms with van der Waals surface area (Å²) in [6.07, 6.45) is -3.81. The summed E-state index contributed by atoms with van der Waals surface area (Å²) in [4.78, 5) is 12.5. The van der Waals surface area contributed by atoms with E-state index in [9.17, 15) is 31.3 Å². The Morgan fingerprint density at radius 1 is 1.00 bits per heavy atom. The lowest BCUT2D eigenvalue weighted by Crippen LogP contribution is -2.37. The van der Waals surface area contributed by atoms with Crippen LogP contribution in [0.5, 0.6) is 11.5 Å². The van der Waals surface area contributed by atoms with Crippen LogP contribution in [-0.2, 0) is 14.1 Å². The summed E-state index contributed by atoms with van der Waals surface area (Å²) >= 11 is 0. The Labute approximate surface area is 178 Å². The maximum Gasteiger partial charge on any atom is 0.513 e. The van der Waals surface area contributed by atoms with Crippen LogP contribution >= 0.6 is 7.75 Å². The number of nitrogens with one attached hydrogen (secondary N) is 1. The zero-order valence-electron chi connectivity index (χ0n) is 21.8. The Morgan fingerprint density at radius 3 is 2.07 bits per heavy atom. The van der Waals surface area contributed by atoms with E-state index in [1.807, 2.05) is 0 Å². The normalized spacial score (nSPS) is 18.8. The van der Waals surface area contributed by atoms with E-state index < -0.39 is 74.4 Å². The van der Waals surface area contributed by atoms with Crippen LogP contribution in [-0.4, -0.2) is 18.1 Å². The van der Waals surface area contributed by atoms with Gasteiger partial charge < -0.3 is 13.8 Å². The molecule has 30 heavy (non-hydrogen) atoms. The molecule has 0 saturated carbocycles. The molecule has 6 nitrogen and oxygen atoms in total. The van der Waals surface area contributed by atoms with Crippen molar-refractivity contribution in [2.45, 2.75) is 32.7 Å². The molecule has 0 unspecified atom stereocenters. The molecule has 0 aliphatic rings. The SMILES string of the molecule is [2H]C([2H])([2H])C([2H])(OC(=O)[C@@H](C)N[P@](=O)(Oc1ccccc1)Oc1c(F)c(F)c(F)c(F)c1F)C([2H])([2H])[2H]. The summed E-state index contributed by atoms with van der Waals surface area (Å²) in [6.45, 7) is -6.64. The van der Waals surface area contributed by atoms with Gasteiger partial charge in [0.15, 0.2) is 0 Å². The van der Waals surface area contributed by atoms with Gasteiger partial charge in [-0.2, -0.15) is 13.9 Å². The molecule has 0 aliphatic heterocycles. The zero-order chi connectivity index (χ0) is 28.6. The van der Waals surface area contributed by atoms with Crippen LogP contribution in [0.25, 0.3) is 0 Å². The second kappa shape index (κ2) is 9.44. The summed E-state index contributed by atoms with van der Waals surface area (Å²) in [5.41, 5.74) is 0. The van der Waals surface area contributed by atoms with Gasteiger partial charge in [-0.05, 0) is 32.8 Å². The van der Waals surface area contributed by atoms with Crippen molar-refractivity contribution in [1.82, 2.24) is 5.09 Å². The number of ether oxygens (including phenoxy) is 1. The summed E-state index contributed by atoms with van der Waals surface area (Å²) in [7, 11) is -5.36. The molecule has 0 heterocycles. The monoisotopic (exact) mass is 460 g/mol. The second-order valence-corrected chi connectivity index (χ2v) is 7.11. The van der Waals surface area contributed by atoms with Gasteiger partial charge in [0, 0.05) is 8.22 Å². The van der Waals surface area contributed by atoms with Gasteiger partial charge in [0.25, 0.3) is 0 Å². The number of hydrogen-bond acceptors (Lipinski definition) is 5. The molecule has 164 valence electrons. The highest BCUT2D eigenvalue weighted by atomic mass is 31.2. The van der Waals surface area contributed by atoms with Crippen molar-refractivity contribution in [3.05, 3.63) is 59.4 Å². The predicted molar refractivity (Wildman–Crippen MR) is 95.4 cm³/mol. The quantitative estimate of drug-likeness (QED) is 0.199. The lowest BCUT2D eigenvalue weighted by atomic mass is 10.3. The van der Waals surface area contributed by atoms with E-state index >= 15 is 0 Å². The average Bonchev–Trinajstić information content (AvgIpc) is 2.78. The van der Waals surface area contributed by atoms with Crippen LogP contribution in [0.3, 0.4) is 0 Å². The molecule has 0 bridgehead atoms. The van der Waals surface area contributed by atoms with E-state index in [4.69, 9.17) is 14.1 Å². The first-order valence-corrected chi connectivity index (χ1v) is 9.34. The largest absolute Gasteiger partial charge is 0.513 e. The highest BCUT2D eigenvalue weighted by Crippen LogP contribution is 2.47. The van der Waals surface area contributed by atoms with E-state index in [-0.39, 0.29) is 5.75 Å². The molecule has 0 aliphatic carbocycles. The molecule has 0 amide bonds. The van der Waals surface area contributed by atoms with Crippen LogP contribution < -0.4 is 14.1 Å². The van der Waals surface area contributed by atoms with Crippen molar-refractivity contribution in [1.29, 1.82) is 0 Å². The predicted octanol–water partition coefficient (Wildman–Crippen LogP) is 4.88. The average molecular weight is 460 g/mol. The van der Waals surface area contributed by atoms with E-state index in [1.54, 1.807) is 5.09 Å². The third-order valence-electron chi connectivity index (χ3n) is 3.26. The summed E-state index contributed by atoms with van der Waals surface area (Å²) < 4.78 is 147. The Balaban J connectivity index is 2.48. The first-order valence-electron chi connectivity index (χ1n) is 11.3. The van der Waals surface area contributed by atoms with Gasteiger partial charge >= 0.3 is 13.7 Å². The molecule has 0 fully saturated rings. The van der Waals surface area contributed by atoms with Gasteiger partial charge in [0.2, 0.25) is 34.8 Å². The molecule has 0 aromatic heterocycles. The number of rotatable bonds is 8. The Hall–Kier alpha value is -2.65. The molecule has 0 spiro atoms. The summed E-state index contributed by atoms with van der Waals surface area (Å²) in [5.74, 6) is -16.8. The molecule has 2 aromatic carbocycles. The first kappa shape index (κ1) is 15.2. The van der Waals surface area contributed by atoms with Gasteiger partial charge in [-0.15, -0.1) is 0 Å². The van der Waals surface area contributed by atoms with E-state index in [2.05, 4.69) is 9.26 Å². The molecular formula is C18H17F5NO5P. The molecule has 2 rings (SSSR count). The topological polar surface area (TPSA) is 73.9 Å². The zero-order valence-corrected chi connectivity index (χ0v) is 15.7. The number of benzene rings is 2. The van der Waals surface area contributed by atoms with Crippen LogP contribution in [0, 0.1) is 29.1 Å². The van der Waals surface area contributed by atoms with Crippen molar-refractivity contribution in [3.8, 4) is 11.5 Å². The molecule has 12 heteroatoms. The van der Waals surface area contributed by atoms with Crippen LogP contribution in [0.4, 0.5) is 22.0 Å². The number of para-hydroxylation sites is 1. The Kier molecular flexibility index (Phi) is 4.78. The molecule has 2 atom stereocenters. The smallest absolute Gasteiger partial charge is 0.462 e. The fourth-order valence-electron chi connectivity index (χ4n) is 1.96. The van der Waals surface area contributed by atoms with E-state index in [1.165, 1.54) is 18.2 Å². The van der Waals surface area contributed by atoms with E-state index in [0.717, 1.165) is 19.1 Å². The van der Waals surface area contributed by atoms with Crippen LogP contribution in [0.1, 0.15) is 30.2 Å². The summed E-state index contributed by atoms with van der Waals surface area (Å²) in [5, 5.41) is 1.74. The minimum Gasteiger partial charge on any atom is -0.462 e. The van der Waals surface area contributed by atoms with Crippen molar-refractivity contribution in [2.24, 2.45) is 0 Å². The number of carbonyl (C=O) groups excluding carboxylic acids is 1. The van der Waals surface area contributed by atoms with Crippen LogP contribution in [0.15, 0.2) is 30.3 Å². The molecule has 1 N–H and O–H groups in total. The van der Waals surface area contributed by atoms with Crippen molar-refractivity contribution in [2.75, 3.05) is 0 Å². The van der Waals surface area contributed by atoms with Crippen molar-refractivity contribution >= 4 is 13.7 Å².